The van der Waals surface area contributed by atoms with Gasteiger partial charge in [0.15, 0.2) is 0 Å². The molecule has 0 aromatic heterocycles. The van der Waals surface area contributed by atoms with Crippen molar-refractivity contribution in [1.82, 2.24) is 0 Å². The Morgan fingerprint density at radius 2 is 1.91 bits per heavy atom. The minimum absolute atomic E-state index is 0.0218. The fourth-order valence-electron chi connectivity index (χ4n) is 2.43. The predicted octanol–water partition coefficient (Wildman–Crippen LogP) is 4.08. The molecule has 0 aliphatic heterocycles. The number of carboxylic acid groups (broad SMARTS) is 1. The zero-order valence-electron chi connectivity index (χ0n) is 12.7. The first-order chi connectivity index (χ1) is 10.6. The van der Waals surface area contributed by atoms with Crippen LogP contribution in [-0.2, 0) is 11.2 Å². The molecule has 0 radical (unpaired) electrons. The Labute approximate surface area is 130 Å². The summed E-state index contributed by atoms with van der Waals surface area (Å²) in [4.78, 5) is 10.9. The topological polar surface area (TPSA) is 46.5 Å². The van der Waals surface area contributed by atoms with Crippen LogP contribution in [0, 0.1) is 12.8 Å². The number of rotatable bonds is 6. The first kappa shape index (κ1) is 14.6. The Kier molecular flexibility index (Phi) is 4.14. The van der Waals surface area contributed by atoms with E-state index in [1.54, 1.807) is 0 Å². The summed E-state index contributed by atoms with van der Waals surface area (Å²) in [5, 5.41) is 8.96. The standard InChI is InChI=1S/C19H20O3/c1-13-2-7-16(8-3-13)17-9-6-15(11-19(20)21)10-18(17)22-12-14-4-5-14/h2-3,6-10,14H,4-5,11-12H2,1H3,(H,20,21). The molecule has 114 valence electrons. The van der Waals surface area contributed by atoms with Gasteiger partial charge in [-0.05, 0) is 42.9 Å². The summed E-state index contributed by atoms with van der Waals surface area (Å²) in [6, 6.07) is 14.0. The van der Waals surface area contributed by atoms with Gasteiger partial charge in [-0.1, -0.05) is 42.0 Å². The number of benzene rings is 2. The molecule has 0 atom stereocenters. The average Bonchev–Trinajstić information content (AvgIpc) is 3.30. The molecule has 0 spiro atoms. The largest absolute Gasteiger partial charge is 0.493 e. The van der Waals surface area contributed by atoms with Crippen molar-refractivity contribution in [3.63, 3.8) is 0 Å². The van der Waals surface area contributed by atoms with Crippen molar-refractivity contribution >= 4 is 5.97 Å². The van der Waals surface area contributed by atoms with Gasteiger partial charge < -0.3 is 9.84 Å². The molecule has 1 saturated carbocycles. The molecule has 0 bridgehead atoms. The maximum absolute atomic E-state index is 10.9. The zero-order chi connectivity index (χ0) is 15.5. The second-order valence-corrected chi connectivity index (χ2v) is 6.02. The molecule has 0 amide bonds. The Morgan fingerprint density at radius 3 is 2.55 bits per heavy atom. The Balaban J connectivity index is 1.91. The van der Waals surface area contributed by atoms with Crippen molar-refractivity contribution in [2.24, 2.45) is 5.92 Å². The van der Waals surface area contributed by atoms with Crippen molar-refractivity contribution in [2.45, 2.75) is 26.2 Å². The second-order valence-electron chi connectivity index (χ2n) is 6.02. The number of ether oxygens (including phenoxy) is 1. The molecule has 0 heterocycles. The minimum Gasteiger partial charge on any atom is -0.493 e. The molecule has 3 rings (SSSR count). The first-order valence-electron chi connectivity index (χ1n) is 7.66. The summed E-state index contributed by atoms with van der Waals surface area (Å²) >= 11 is 0. The monoisotopic (exact) mass is 296 g/mol. The summed E-state index contributed by atoms with van der Waals surface area (Å²) < 4.78 is 5.98. The molecule has 3 nitrogen and oxygen atoms in total. The van der Waals surface area contributed by atoms with Gasteiger partial charge in [-0.25, -0.2) is 0 Å². The number of carboxylic acids is 1. The van der Waals surface area contributed by atoms with Crippen LogP contribution in [0.5, 0.6) is 5.75 Å². The average molecular weight is 296 g/mol. The highest BCUT2D eigenvalue weighted by atomic mass is 16.5. The summed E-state index contributed by atoms with van der Waals surface area (Å²) in [6.07, 6.45) is 2.48. The molecular formula is C19H20O3. The molecule has 2 aromatic rings. The van der Waals surface area contributed by atoms with Crippen molar-refractivity contribution < 1.29 is 14.6 Å². The van der Waals surface area contributed by atoms with Gasteiger partial charge in [-0.3, -0.25) is 4.79 Å². The van der Waals surface area contributed by atoms with Gasteiger partial charge in [0.1, 0.15) is 5.75 Å². The summed E-state index contributed by atoms with van der Waals surface area (Å²) in [7, 11) is 0. The third kappa shape index (κ3) is 3.67. The van der Waals surface area contributed by atoms with Gasteiger partial charge in [-0.2, -0.15) is 0 Å². The van der Waals surface area contributed by atoms with E-state index in [-0.39, 0.29) is 6.42 Å². The first-order valence-corrected chi connectivity index (χ1v) is 7.66. The third-order valence-electron chi connectivity index (χ3n) is 3.94. The maximum atomic E-state index is 10.9. The van der Waals surface area contributed by atoms with Crippen molar-refractivity contribution in [1.29, 1.82) is 0 Å². The second kappa shape index (κ2) is 6.22. The normalized spacial score (nSPS) is 13.9. The van der Waals surface area contributed by atoms with Crippen LogP contribution in [0.25, 0.3) is 11.1 Å². The van der Waals surface area contributed by atoms with E-state index >= 15 is 0 Å². The Bertz CT molecular complexity index is 670. The highest BCUT2D eigenvalue weighted by Crippen LogP contribution is 2.34. The van der Waals surface area contributed by atoms with Crippen LogP contribution in [-0.4, -0.2) is 17.7 Å². The van der Waals surface area contributed by atoms with Crippen LogP contribution in [0.4, 0.5) is 0 Å². The van der Waals surface area contributed by atoms with E-state index in [1.165, 1.54) is 18.4 Å². The quantitative estimate of drug-likeness (QED) is 0.873. The maximum Gasteiger partial charge on any atom is 0.307 e. The minimum atomic E-state index is -0.823. The van der Waals surface area contributed by atoms with E-state index in [2.05, 4.69) is 31.2 Å². The van der Waals surface area contributed by atoms with E-state index in [9.17, 15) is 4.79 Å². The fourth-order valence-corrected chi connectivity index (χ4v) is 2.43. The lowest BCUT2D eigenvalue weighted by atomic mass is 10.0. The van der Waals surface area contributed by atoms with Crippen LogP contribution >= 0.6 is 0 Å². The molecule has 1 aliphatic carbocycles. The lowest BCUT2D eigenvalue weighted by Crippen LogP contribution is -2.03. The van der Waals surface area contributed by atoms with Crippen LogP contribution < -0.4 is 4.74 Å². The van der Waals surface area contributed by atoms with E-state index in [1.807, 2.05) is 18.2 Å². The molecular weight excluding hydrogens is 276 g/mol. The van der Waals surface area contributed by atoms with E-state index in [0.717, 1.165) is 29.0 Å². The Morgan fingerprint density at radius 1 is 1.18 bits per heavy atom. The van der Waals surface area contributed by atoms with Gasteiger partial charge >= 0.3 is 5.97 Å². The van der Waals surface area contributed by atoms with Crippen LogP contribution in [0.1, 0.15) is 24.0 Å². The Hall–Kier alpha value is -2.29. The molecule has 1 N–H and O–H groups in total. The van der Waals surface area contributed by atoms with Gasteiger partial charge in [0.25, 0.3) is 0 Å². The van der Waals surface area contributed by atoms with Gasteiger partial charge in [0, 0.05) is 5.56 Å². The molecule has 0 saturated heterocycles. The van der Waals surface area contributed by atoms with Crippen molar-refractivity contribution in [2.75, 3.05) is 6.61 Å². The summed E-state index contributed by atoms with van der Waals surface area (Å²) in [5.74, 6) is 0.625. The van der Waals surface area contributed by atoms with Crippen molar-refractivity contribution in [3.8, 4) is 16.9 Å². The number of hydrogen-bond donors (Lipinski definition) is 1. The molecule has 0 unspecified atom stereocenters. The summed E-state index contributed by atoms with van der Waals surface area (Å²) in [6.45, 7) is 2.78. The van der Waals surface area contributed by atoms with Crippen molar-refractivity contribution in [3.05, 3.63) is 53.6 Å². The van der Waals surface area contributed by atoms with Gasteiger partial charge in [0.05, 0.1) is 13.0 Å². The molecule has 2 aromatic carbocycles. The van der Waals surface area contributed by atoms with Crippen LogP contribution in [0.2, 0.25) is 0 Å². The SMILES string of the molecule is Cc1ccc(-c2ccc(CC(=O)O)cc2OCC2CC2)cc1. The molecule has 1 aliphatic rings. The fraction of sp³-hybridized carbons (Fsp3) is 0.316. The van der Waals surface area contributed by atoms with E-state index in [4.69, 9.17) is 9.84 Å². The lowest BCUT2D eigenvalue weighted by molar-refractivity contribution is -0.136. The number of carbonyl (C=O) groups is 1. The number of hydrogen-bond acceptors (Lipinski definition) is 2. The van der Waals surface area contributed by atoms with Crippen LogP contribution in [0.15, 0.2) is 42.5 Å². The smallest absolute Gasteiger partial charge is 0.307 e. The zero-order valence-corrected chi connectivity index (χ0v) is 12.7. The van der Waals surface area contributed by atoms with Gasteiger partial charge in [0.2, 0.25) is 0 Å². The predicted molar refractivity (Wildman–Crippen MR) is 86.2 cm³/mol. The highest BCUT2D eigenvalue weighted by Gasteiger charge is 2.22. The highest BCUT2D eigenvalue weighted by molar-refractivity contribution is 5.74. The molecule has 22 heavy (non-hydrogen) atoms. The lowest BCUT2D eigenvalue weighted by Gasteiger charge is -2.13. The number of aliphatic carboxylic acids is 1. The van der Waals surface area contributed by atoms with Crippen LogP contribution in [0.3, 0.4) is 0 Å². The number of aryl methyl sites for hydroxylation is 1. The molecule has 1 fully saturated rings. The summed E-state index contributed by atoms with van der Waals surface area (Å²) in [5.41, 5.74) is 4.11. The molecule has 3 heteroatoms. The van der Waals surface area contributed by atoms with Gasteiger partial charge in [-0.15, -0.1) is 0 Å². The van der Waals surface area contributed by atoms with E-state index < -0.39 is 5.97 Å². The van der Waals surface area contributed by atoms with E-state index in [0.29, 0.717) is 5.92 Å². The third-order valence-corrected chi connectivity index (χ3v) is 3.94.